The molecular formula is C14H22F2N2O3. The first-order chi connectivity index (χ1) is 10.1. The molecule has 0 aromatic heterocycles. The summed E-state index contributed by atoms with van der Waals surface area (Å²) in [5.74, 6) is -0.0961. The minimum absolute atomic E-state index is 0.0138. The molecule has 21 heavy (non-hydrogen) atoms. The van der Waals surface area contributed by atoms with Gasteiger partial charge in [-0.2, -0.15) is 0 Å². The van der Waals surface area contributed by atoms with Gasteiger partial charge in [0.25, 0.3) is 6.43 Å². The van der Waals surface area contributed by atoms with Crippen LogP contribution in [0.5, 0.6) is 0 Å². The van der Waals surface area contributed by atoms with Crippen LogP contribution in [0.1, 0.15) is 32.1 Å². The van der Waals surface area contributed by atoms with Crippen molar-refractivity contribution in [2.75, 3.05) is 26.3 Å². The minimum Gasteiger partial charge on any atom is -0.374 e. The summed E-state index contributed by atoms with van der Waals surface area (Å²) in [5.41, 5.74) is 0. The Kier molecular flexibility index (Phi) is 5.90. The third-order valence-corrected chi connectivity index (χ3v) is 4.10. The van der Waals surface area contributed by atoms with E-state index in [0.717, 1.165) is 25.7 Å². The lowest BCUT2D eigenvalue weighted by atomic mass is 9.82. The average Bonchev–Trinajstić information content (AvgIpc) is 2.47. The van der Waals surface area contributed by atoms with Gasteiger partial charge in [-0.3, -0.25) is 9.59 Å². The van der Waals surface area contributed by atoms with Gasteiger partial charge >= 0.3 is 0 Å². The van der Waals surface area contributed by atoms with Crippen molar-refractivity contribution in [3.63, 3.8) is 0 Å². The van der Waals surface area contributed by atoms with Crippen molar-refractivity contribution < 1.29 is 23.1 Å². The number of alkyl halides is 2. The number of carbonyl (C=O) groups is 2. The Hall–Kier alpha value is -1.24. The zero-order valence-corrected chi connectivity index (χ0v) is 12.0. The number of hydrogen-bond donors (Lipinski definition) is 1. The monoisotopic (exact) mass is 304 g/mol. The summed E-state index contributed by atoms with van der Waals surface area (Å²) in [5, 5.41) is 2.78. The van der Waals surface area contributed by atoms with Gasteiger partial charge in [-0.05, 0) is 18.8 Å². The maximum absolute atomic E-state index is 12.4. The molecule has 0 spiro atoms. The van der Waals surface area contributed by atoms with Crippen LogP contribution in [0.4, 0.5) is 8.78 Å². The van der Waals surface area contributed by atoms with Crippen molar-refractivity contribution >= 4 is 11.8 Å². The van der Waals surface area contributed by atoms with Crippen LogP contribution in [0.2, 0.25) is 0 Å². The van der Waals surface area contributed by atoms with Crippen LogP contribution in [0, 0.1) is 5.92 Å². The second-order valence-electron chi connectivity index (χ2n) is 5.67. The van der Waals surface area contributed by atoms with Crippen LogP contribution in [0.3, 0.4) is 0 Å². The average molecular weight is 304 g/mol. The Morgan fingerprint density at radius 3 is 2.62 bits per heavy atom. The number of piperazine rings is 1. The SMILES string of the molecule is O=C1CN(CCOCC(F)F)C(=O)C(C2CCCCC2)N1. The van der Waals surface area contributed by atoms with Crippen LogP contribution in [-0.2, 0) is 14.3 Å². The lowest BCUT2D eigenvalue weighted by molar-refractivity contribution is -0.147. The van der Waals surface area contributed by atoms with Crippen LogP contribution in [0.15, 0.2) is 0 Å². The van der Waals surface area contributed by atoms with Gasteiger partial charge in [0.05, 0.1) is 13.2 Å². The Labute approximate surface area is 123 Å². The van der Waals surface area contributed by atoms with Crippen LogP contribution in [-0.4, -0.2) is 55.5 Å². The minimum atomic E-state index is -2.51. The summed E-state index contributed by atoms with van der Waals surface area (Å²) >= 11 is 0. The van der Waals surface area contributed by atoms with Crippen molar-refractivity contribution in [1.29, 1.82) is 0 Å². The first-order valence-corrected chi connectivity index (χ1v) is 7.52. The zero-order chi connectivity index (χ0) is 15.2. The molecule has 1 aliphatic carbocycles. The van der Waals surface area contributed by atoms with Crippen molar-refractivity contribution in [2.45, 2.75) is 44.6 Å². The quantitative estimate of drug-likeness (QED) is 0.750. The lowest BCUT2D eigenvalue weighted by Gasteiger charge is -2.37. The second kappa shape index (κ2) is 7.68. The van der Waals surface area contributed by atoms with Gasteiger partial charge in [0.1, 0.15) is 12.6 Å². The van der Waals surface area contributed by atoms with Crippen molar-refractivity contribution in [1.82, 2.24) is 10.2 Å². The summed E-state index contributed by atoms with van der Waals surface area (Å²) in [4.78, 5) is 25.6. The first kappa shape index (κ1) is 16.1. The Morgan fingerprint density at radius 1 is 1.24 bits per heavy atom. The van der Waals surface area contributed by atoms with Crippen LogP contribution < -0.4 is 5.32 Å². The number of hydrogen-bond acceptors (Lipinski definition) is 3. The van der Waals surface area contributed by atoms with E-state index in [2.05, 4.69) is 5.32 Å². The zero-order valence-electron chi connectivity index (χ0n) is 12.0. The highest BCUT2D eigenvalue weighted by molar-refractivity contribution is 5.95. The lowest BCUT2D eigenvalue weighted by Crippen LogP contribution is -2.61. The largest absolute Gasteiger partial charge is 0.374 e. The third-order valence-electron chi connectivity index (χ3n) is 4.10. The van der Waals surface area contributed by atoms with E-state index < -0.39 is 19.1 Å². The normalized spacial score (nSPS) is 24.5. The maximum Gasteiger partial charge on any atom is 0.261 e. The van der Waals surface area contributed by atoms with Gasteiger partial charge in [0, 0.05) is 6.54 Å². The molecule has 1 saturated carbocycles. The van der Waals surface area contributed by atoms with Gasteiger partial charge in [-0.25, -0.2) is 8.78 Å². The number of ether oxygens (including phenoxy) is 1. The fraction of sp³-hybridized carbons (Fsp3) is 0.857. The van der Waals surface area contributed by atoms with Crippen LogP contribution in [0.25, 0.3) is 0 Å². The van der Waals surface area contributed by atoms with Gasteiger partial charge in [-0.15, -0.1) is 0 Å². The van der Waals surface area contributed by atoms with E-state index in [0.29, 0.717) is 0 Å². The molecule has 1 saturated heterocycles. The molecule has 1 aliphatic heterocycles. The van der Waals surface area contributed by atoms with E-state index in [9.17, 15) is 18.4 Å². The fourth-order valence-corrected chi connectivity index (χ4v) is 3.05. The molecule has 0 radical (unpaired) electrons. The Bertz CT molecular complexity index is 373. The van der Waals surface area contributed by atoms with Crippen LogP contribution >= 0.6 is 0 Å². The number of amides is 2. The number of nitrogens with one attached hydrogen (secondary N) is 1. The van der Waals surface area contributed by atoms with Gasteiger partial charge in [-0.1, -0.05) is 19.3 Å². The molecule has 0 bridgehead atoms. The summed E-state index contributed by atoms with van der Waals surface area (Å²) < 4.78 is 28.7. The highest BCUT2D eigenvalue weighted by atomic mass is 19.3. The molecule has 2 rings (SSSR count). The Balaban J connectivity index is 1.86. The number of halogens is 2. The second-order valence-corrected chi connectivity index (χ2v) is 5.67. The summed E-state index contributed by atoms with van der Waals surface area (Å²) in [6, 6.07) is -0.457. The van der Waals surface area contributed by atoms with Crippen molar-refractivity contribution in [2.24, 2.45) is 5.92 Å². The highest BCUT2D eigenvalue weighted by Gasteiger charge is 2.37. The molecule has 1 unspecified atom stereocenters. The molecule has 7 heteroatoms. The standard InChI is InChI=1S/C14H22F2N2O3/c15-11(16)9-21-7-6-18-8-12(19)17-13(14(18)20)10-4-2-1-3-5-10/h10-11,13H,1-9H2,(H,17,19). The summed E-state index contributed by atoms with van der Waals surface area (Å²) in [7, 11) is 0. The molecule has 1 N–H and O–H groups in total. The summed E-state index contributed by atoms with van der Waals surface area (Å²) in [6.45, 7) is -0.441. The topological polar surface area (TPSA) is 58.6 Å². The van der Waals surface area contributed by atoms with E-state index in [1.54, 1.807) is 0 Å². The fourth-order valence-electron chi connectivity index (χ4n) is 3.05. The van der Waals surface area contributed by atoms with E-state index in [1.807, 2.05) is 0 Å². The van der Waals surface area contributed by atoms with E-state index >= 15 is 0 Å². The molecule has 2 aliphatic rings. The molecule has 2 amide bonds. The van der Waals surface area contributed by atoms with Gasteiger partial charge in [0.15, 0.2) is 0 Å². The predicted octanol–water partition coefficient (Wildman–Crippen LogP) is 1.18. The van der Waals surface area contributed by atoms with E-state index in [1.165, 1.54) is 11.3 Å². The van der Waals surface area contributed by atoms with Gasteiger partial charge < -0.3 is 15.0 Å². The molecule has 1 heterocycles. The smallest absolute Gasteiger partial charge is 0.261 e. The molecule has 0 aromatic carbocycles. The third kappa shape index (κ3) is 4.62. The number of rotatable bonds is 6. The molecular weight excluding hydrogens is 282 g/mol. The maximum atomic E-state index is 12.4. The first-order valence-electron chi connectivity index (χ1n) is 7.52. The predicted molar refractivity (Wildman–Crippen MR) is 71.9 cm³/mol. The van der Waals surface area contributed by atoms with Crippen molar-refractivity contribution in [3.8, 4) is 0 Å². The number of carbonyl (C=O) groups excluding carboxylic acids is 2. The van der Waals surface area contributed by atoms with E-state index in [-0.39, 0.29) is 37.4 Å². The Morgan fingerprint density at radius 2 is 1.95 bits per heavy atom. The molecule has 1 atom stereocenters. The molecule has 0 aromatic rings. The highest BCUT2D eigenvalue weighted by Crippen LogP contribution is 2.28. The summed E-state index contributed by atoms with van der Waals surface area (Å²) in [6.07, 6.45) is 2.74. The molecule has 5 nitrogen and oxygen atoms in total. The van der Waals surface area contributed by atoms with E-state index in [4.69, 9.17) is 4.74 Å². The molecule has 2 fully saturated rings. The number of nitrogens with zero attached hydrogens (tertiary/aromatic N) is 1. The van der Waals surface area contributed by atoms with Crippen molar-refractivity contribution in [3.05, 3.63) is 0 Å². The molecule has 120 valence electrons. The van der Waals surface area contributed by atoms with Gasteiger partial charge in [0.2, 0.25) is 11.8 Å².